The van der Waals surface area contributed by atoms with Gasteiger partial charge in [0, 0.05) is 29.6 Å². The van der Waals surface area contributed by atoms with E-state index in [0.29, 0.717) is 34.6 Å². The van der Waals surface area contributed by atoms with E-state index >= 15 is 0 Å². The summed E-state index contributed by atoms with van der Waals surface area (Å²) in [4.78, 5) is 21.3. The third-order valence-corrected chi connectivity index (χ3v) is 5.10. The molecular weight excluding hydrogens is 409 g/mol. The molecule has 4 N–H and O–H groups in total. The summed E-state index contributed by atoms with van der Waals surface area (Å²) < 4.78 is 18.8. The van der Waals surface area contributed by atoms with Crippen LogP contribution in [0.25, 0.3) is 34.0 Å². The normalized spacial score (nSPS) is 11.9. The molecule has 4 aromatic rings. The van der Waals surface area contributed by atoms with E-state index < -0.39 is 0 Å². The van der Waals surface area contributed by atoms with Crippen molar-refractivity contribution in [1.82, 2.24) is 24.9 Å². The highest BCUT2D eigenvalue weighted by molar-refractivity contribution is 5.80. The summed E-state index contributed by atoms with van der Waals surface area (Å²) in [6.07, 6.45) is 4.26. The lowest BCUT2D eigenvalue weighted by molar-refractivity contribution is 0.415. The van der Waals surface area contributed by atoms with Gasteiger partial charge in [-0.05, 0) is 49.7 Å². The Morgan fingerprint density at radius 1 is 1.12 bits per heavy atom. The highest BCUT2D eigenvalue weighted by Crippen LogP contribution is 2.34. The predicted octanol–water partition coefficient (Wildman–Crippen LogP) is 4.54. The van der Waals surface area contributed by atoms with Crippen LogP contribution >= 0.6 is 0 Å². The number of aromatic nitrogens is 5. The highest BCUT2D eigenvalue weighted by Gasteiger charge is 2.19. The Hall–Kier alpha value is -4.01. The van der Waals surface area contributed by atoms with Gasteiger partial charge in [0.2, 0.25) is 5.95 Å². The Balaban J connectivity index is 1.85. The van der Waals surface area contributed by atoms with Gasteiger partial charge < -0.3 is 20.8 Å². The van der Waals surface area contributed by atoms with E-state index in [2.05, 4.69) is 39.1 Å². The molecule has 0 spiro atoms. The molecule has 0 aliphatic heterocycles. The lowest BCUT2D eigenvalue weighted by Crippen LogP contribution is -2.15. The molecule has 1 atom stereocenters. The molecular formula is C23H24FN7O. The zero-order valence-electron chi connectivity index (χ0n) is 18.1. The second-order valence-electron chi connectivity index (χ2n) is 7.35. The number of nitrogens with one attached hydrogen (secondary N) is 2. The first-order valence-corrected chi connectivity index (χ1v) is 10.2. The fraction of sp³-hybridized carbons (Fsp3) is 0.217. The molecule has 32 heavy (non-hydrogen) atoms. The van der Waals surface area contributed by atoms with Crippen LogP contribution in [0, 0.1) is 5.82 Å². The van der Waals surface area contributed by atoms with Gasteiger partial charge >= 0.3 is 0 Å². The van der Waals surface area contributed by atoms with Gasteiger partial charge in [0.05, 0.1) is 18.5 Å². The first-order chi connectivity index (χ1) is 15.5. The molecule has 1 aromatic carbocycles. The quantitative estimate of drug-likeness (QED) is 0.392. The molecule has 0 fully saturated rings. The zero-order chi connectivity index (χ0) is 22.7. The number of methoxy groups -OCH3 is 1. The molecule has 0 saturated heterocycles. The van der Waals surface area contributed by atoms with E-state index in [1.54, 1.807) is 36.7 Å². The van der Waals surface area contributed by atoms with Crippen LogP contribution in [-0.2, 0) is 0 Å². The maximum Gasteiger partial charge on any atom is 0.223 e. The van der Waals surface area contributed by atoms with Crippen LogP contribution in [0.1, 0.15) is 20.3 Å². The molecule has 3 aromatic heterocycles. The van der Waals surface area contributed by atoms with E-state index in [9.17, 15) is 4.39 Å². The molecule has 164 valence electrons. The number of hydrogen-bond acceptors (Lipinski definition) is 7. The van der Waals surface area contributed by atoms with Crippen molar-refractivity contribution >= 4 is 11.8 Å². The highest BCUT2D eigenvalue weighted by atomic mass is 19.1. The zero-order valence-corrected chi connectivity index (χ0v) is 18.1. The van der Waals surface area contributed by atoms with Crippen LogP contribution in [0.2, 0.25) is 0 Å². The molecule has 3 heterocycles. The van der Waals surface area contributed by atoms with Crippen LogP contribution in [0.4, 0.5) is 16.2 Å². The summed E-state index contributed by atoms with van der Waals surface area (Å²) in [6.45, 7) is 4.15. The summed E-state index contributed by atoms with van der Waals surface area (Å²) in [5.41, 5.74) is 9.27. The third kappa shape index (κ3) is 4.36. The monoisotopic (exact) mass is 433 g/mol. The second kappa shape index (κ2) is 9.01. The number of nitrogens with zero attached hydrogens (tertiary/aromatic N) is 4. The Morgan fingerprint density at radius 3 is 2.62 bits per heavy atom. The van der Waals surface area contributed by atoms with E-state index in [-0.39, 0.29) is 17.7 Å². The van der Waals surface area contributed by atoms with Crippen molar-refractivity contribution in [2.45, 2.75) is 26.3 Å². The molecule has 0 radical (unpaired) electrons. The van der Waals surface area contributed by atoms with Gasteiger partial charge in [0.25, 0.3) is 0 Å². The van der Waals surface area contributed by atoms with Crippen molar-refractivity contribution in [2.75, 3.05) is 18.2 Å². The lowest BCUT2D eigenvalue weighted by Gasteiger charge is -2.11. The number of pyridine rings is 1. The maximum atomic E-state index is 13.4. The molecule has 0 bridgehead atoms. The summed E-state index contributed by atoms with van der Waals surface area (Å²) in [6, 6.07) is 9.92. The Bertz CT molecular complexity index is 1220. The average Bonchev–Trinajstić information content (AvgIpc) is 3.25. The van der Waals surface area contributed by atoms with Crippen LogP contribution < -0.4 is 15.8 Å². The van der Waals surface area contributed by atoms with Crippen molar-refractivity contribution in [3.05, 3.63) is 54.6 Å². The number of hydrogen-bond donors (Lipinski definition) is 3. The van der Waals surface area contributed by atoms with Gasteiger partial charge in [-0.1, -0.05) is 6.92 Å². The largest absolute Gasteiger partial charge is 0.493 e. The van der Waals surface area contributed by atoms with E-state index in [1.165, 1.54) is 19.2 Å². The lowest BCUT2D eigenvalue weighted by atomic mass is 10.1. The number of rotatable bonds is 7. The first kappa shape index (κ1) is 21.2. The molecule has 4 rings (SSSR count). The standard InChI is InChI=1S/C23H24FN7O/c1-4-13(2)28-23-26-10-9-17(29-23)20-19(15-11-18(32-3)21(25)27-12-15)30-22(31-20)14-5-7-16(24)8-6-14/h5-13H,4H2,1-3H3,(H2,25,27)(H,30,31)(H,26,28,29)/t13-/m1/s1. The molecule has 0 amide bonds. The van der Waals surface area contributed by atoms with Crippen molar-refractivity contribution in [3.8, 4) is 39.8 Å². The van der Waals surface area contributed by atoms with Crippen LogP contribution in [-0.4, -0.2) is 38.1 Å². The third-order valence-electron chi connectivity index (χ3n) is 5.10. The van der Waals surface area contributed by atoms with E-state index in [0.717, 1.165) is 17.5 Å². The first-order valence-electron chi connectivity index (χ1n) is 10.2. The van der Waals surface area contributed by atoms with Crippen molar-refractivity contribution in [2.24, 2.45) is 0 Å². The number of imidazole rings is 1. The Kier molecular flexibility index (Phi) is 5.98. The van der Waals surface area contributed by atoms with E-state index in [1.807, 2.05) is 0 Å². The van der Waals surface area contributed by atoms with Crippen molar-refractivity contribution < 1.29 is 9.13 Å². The van der Waals surface area contributed by atoms with E-state index in [4.69, 9.17) is 15.5 Å². The number of aromatic amines is 1. The molecule has 0 saturated carbocycles. The second-order valence-corrected chi connectivity index (χ2v) is 7.35. The van der Waals surface area contributed by atoms with Gasteiger partial charge in [0.1, 0.15) is 17.3 Å². The maximum absolute atomic E-state index is 13.4. The van der Waals surface area contributed by atoms with Crippen LogP contribution in [0.15, 0.2) is 48.8 Å². The average molecular weight is 433 g/mol. The molecule has 0 aliphatic rings. The van der Waals surface area contributed by atoms with Gasteiger partial charge in [-0.15, -0.1) is 0 Å². The molecule has 0 aliphatic carbocycles. The van der Waals surface area contributed by atoms with Gasteiger partial charge in [-0.2, -0.15) is 0 Å². The molecule has 0 unspecified atom stereocenters. The minimum Gasteiger partial charge on any atom is -0.493 e. The number of nitrogens with two attached hydrogens (primary N) is 1. The number of ether oxygens (including phenoxy) is 1. The minimum atomic E-state index is -0.315. The topological polar surface area (TPSA) is 115 Å². The number of anilines is 2. The minimum absolute atomic E-state index is 0.226. The number of benzene rings is 1. The summed E-state index contributed by atoms with van der Waals surface area (Å²) in [7, 11) is 1.53. The summed E-state index contributed by atoms with van der Waals surface area (Å²) >= 11 is 0. The predicted molar refractivity (Wildman–Crippen MR) is 123 cm³/mol. The van der Waals surface area contributed by atoms with Crippen molar-refractivity contribution in [3.63, 3.8) is 0 Å². The smallest absolute Gasteiger partial charge is 0.223 e. The summed E-state index contributed by atoms with van der Waals surface area (Å²) in [5, 5.41) is 3.28. The fourth-order valence-electron chi connectivity index (χ4n) is 3.15. The number of H-pyrrole nitrogens is 1. The fourth-order valence-corrected chi connectivity index (χ4v) is 3.15. The van der Waals surface area contributed by atoms with Gasteiger partial charge in [-0.3, -0.25) is 0 Å². The van der Waals surface area contributed by atoms with Crippen LogP contribution in [0.3, 0.4) is 0 Å². The Labute approximate surface area is 185 Å². The molecule has 8 nitrogen and oxygen atoms in total. The summed E-state index contributed by atoms with van der Waals surface area (Å²) in [5.74, 6) is 1.51. The molecule has 9 heteroatoms. The van der Waals surface area contributed by atoms with Gasteiger partial charge in [0.15, 0.2) is 11.6 Å². The van der Waals surface area contributed by atoms with Crippen molar-refractivity contribution in [1.29, 1.82) is 0 Å². The number of halogens is 1. The Morgan fingerprint density at radius 2 is 1.91 bits per heavy atom. The SMILES string of the molecule is CC[C@@H](C)Nc1nccc(-c2nc(-c3ccc(F)cc3)[nH]c2-c2cnc(N)c(OC)c2)n1. The van der Waals surface area contributed by atoms with Gasteiger partial charge in [-0.25, -0.2) is 24.3 Å². The van der Waals surface area contributed by atoms with Crippen LogP contribution in [0.5, 0.6) is 5.75 Å². The number of nitrogen functional groups attached to an aromatic ring is 1.